The molecule has 0 unspecified atom stereocenters. The van der Waals surface area contributed by atoms with Crippen LogP contribution < -0.4 is 10.1 Å². The maximum atomic E-state index is 12.9. The maximum Gasteiger partial charge on any atom is 0.270 e. The van der Waals surface area contributed by atoms with Gasteiger partial charge in [0, 0.05) is 18.2 Å². The van der Waals surface area contributed by atoms with Crippen LogP contribution in [0.5, 0.6) is 11.5 Å². The Balaban J connectivity index is 1.59. The lowest BCUT2D eigenvalue weighted by atomic mass is 10.2. The highest BCUT2D eigenvalue weighted by atomic mass is 19.1. The number of nitrogens with zero attached hydrogens (tertiary/aromatic N) is 2. The number of carbonyl (C=O) groups is 1. The fourth-order valence-corrected chi connectivity index (χ4v) is 2.24. The number of amides is 1. The summed E-state index contributed by atoms with van der Waals surface area (Å²) >= 11 is 0. The molecule has 0 saturated carbocycles. The minimum Gasteiger partial charge on any atom is -0.456 e. The maximum absolute atomic E-state index is 12.9. The molecule has 0 atom stereocenters. The molecule has 28 heavy (non-hydrogen) atoms. The molecule has 0 aliphatic rings. The SMILES string of the molecule is O=C(/C=C/c1cccc([N+](=O)[O-])c1)Nc1ccc(Oc2ccc(F)cc2)cn1. The van der Waals surface area contributed by atoms with Crippen molar-refractivity contribution in [3.8, 4) is 11.5 Å². The molecule has 1 amide bonds. The quantitative estimate of drug-likeness (QED) is 0.384. The number of aromatic nitrogens is 1. The van der Waals surface area contributed by atoms with Gasteiger partial charge in [-0.3, -0.25) is 14.9 Å². The minimum absolute atomic E-state index is 0.0547. The van der Waals surface area contributed by atoms with Crippen LogP contribution in [0.2, 0.25) is 0 Å². The highest BCUT2D eigenvalue weighted by molar-refractivity contribution is 6.01. The first-order valence-corrected chi connectivity index (χ1v) is 8.12. The normalized spacial score (nSPS) is 10.6. The summed E-state index contributed by atoms with van der Waals surface area (Å²) in [4.78, 5) is 26.3. The van der Waals surface area contributed by atoms with Crippen LogP contribution in [0.1, 0.15) is 5.56 Å². The van der Waals surface area contributed by atoms with E-state index in [-0.39, 0.29) is 11.5 Å². The third-order valence-electron chi connectivity index (χ3n) is 3.55. The van der Waals surface area contributed by atoms with Crippen molar-refractivity contribution in [3.63, 3.8) is 0 Å². The van der Waals surface area contributed by atoms with Crippen molar-refractivity contribution in [2.24, 2.45) is 0 Å². The number of halogens is 1. The summed E-state index contributed by atoms with van der Waals surface area (Å²) < 4.78 is 18.4. The van der Waals surface area contributed by atoms with Crippen molar-refractivity contribution < 1.29 is 18.8 Å². The van der Waals surface area contributed by atoms with E-state index in [0.717, 1.165) is 0 Å². The molecule has 0 radical (unpaired) electrons. The molecule has 0 fully saturated rings. The van der Waals surface area contributed by atoms with E-state index in [1.54, 1.807) is 18.2 Å². The van der Waals surface area contributed by atoms with Crippen molar-refractivity contribution in [3.05, 3.63) is 94.4 Å². The first kappa shape index (κ1) is 18.7. The zero-order valence-electron chi connectivity index (χ0n) is 14.4. The summed E-state index contributed by atoms with van der Waals surface area (Å²) in [6, 6.07) is 14.6. The van der Waals surface area contributed by atoms with Gasteiger partial charge in [0.1, 0.15) is 23.1 Å². The van der Waals surface area contributed by atoms with E-state index in [9.17, 15) is 19.3 Å². The predicted molar refractivity (Wildman–Crippen MR) is 101 cm³/mol. The number of nitrogens with one attached hydrogen (secondary N) is 1. The van der Waals surface area contributed by atoms with Crippen LogP contribution in [0.4, 0.5) is 15.9 Å². The average molecular weight is 379 g/mol. The lowest BCUT2D eigenvalue weighted by Crippen LogP contribution is -2.08. The van der Waals surface area contributed by atoms with Crippen LogP contribution in [0.3, 0.4) is 0 Å². The Morgan fingerprint density at radius 2 is 1.86 bits per heavy atom. The number of nitro benzene ring substituents is 1. The Bertz CT molecular complexity index is 1020. The third kappa shape index (κ3) is 5.21. The molecule has 0 aliphatic carbocycles. The molecule has 3 aromatic rings. The molecule has 0 spiro atoms. The van der Waals surface area contributed by atoms with Crippen molar-refractivity contribution in [2.45, 2.75) is 0 Å². The Hall–Kier alpha value is -4.07. The van der Waals surface area contributed by atoms with Crippen molar-refractivity contribution >= 4 is 23.5 Å². The number of ether oxygens (including phenoxy) is 1. The van der Waals surface area contributed by atoms with Gasteiger partial charge in [0.2, 0.25) is 5.91 Å². The van der Waals surface area contributed by atoms with E-state index in [2.05, 4.69) is 10.3 Å². The Morgan fingerprint density at radius 1 is 1.11 bits per heavy atom. The lowest BCUT2D eigenvalue weighted by molar-refractivity contribution is -0.384. The summed E-state index contributed by atoms with van der Waals surface area (Å²) in [6.45, 7) is 0. The van der Waals surface area contributed by atoms with Gasteiger partial charge in [0.15, 0.2) is 0 Å². The number of non-ortho nitro benzene ring substituents is 1. The predicted octanol–water partition coefficient (Wildman–Crippen LogP) is 4.57. The molecule has 1 aromatic heterocycles. The molecule has 3 rings (SSSR count). The fourth-order valence-electron chi connectivity index (χ4n) is 2.24. The van der Waals surface area contributed by atoms with Crippen LogP contribution in [0, 0.1) is 15.9 Å². The van der Waals surface area contributed by atoms with Crippen molar-refractivity contribution in [2.75, 3.05) is 5.32 Å². The van der Waals surface area contributed by atoms with Crippen LogP contribution in [0.15, 0.2) is 72.9 Å². The van der Waals surface area contributed by atoms with E-state index in [1.165, 1.54) is 60.8 Å². The second-order valence-corrected chi connectivity index (χ2v) is 5.61. The van der Waals surface area contributed by atoms with E-state index in [4.69, 9.17) is 4.74 Å². The molecule has 140 valence electrons. The van der Waals surface area contributed by atoms with Gasteiger partial charge in [-0.2, -0.15) is 0 Å². The molecule has 0 bridgehead atoms. The van der Waals surface area contributed by atoms with Gasteiger partial charge in [-0.25, -0.2) is 9.37 Å². The Morgan fingerprint density at radius 3 is 2.54 bits per heavy atom. The highest BCUT2D eigenvalue weighted by Crippen LogP contribution is 2.21. The number of benzene rings is 2. The average Bonchev–Trinajstić information content (AvgIpc) is 2.70. The summed E-state index contributed by atoms with van der Waals surface area (Å²) in [5, 5.41) is 13.3. The molecule has 0 saturated heterocycles. The third-order valence-corrected chi connectivity index (χ3v) is 3.55. The summed E-state index contributed by atoms with van der Waals surface area (Å²) in [6.07, 6.45) is 4.14. The van der Waals surface area contributed by atoms with Crippen LogP contribution in [-0.4, -0.2) is 15.8 Å². The summed E-state index contributed by atoms with van der Waals surface area (Å²) in [7, 11) is 0. The van der Waals surface area contributed by atoms with Gasteiger partial charge >= 0.3 is 0 Å². The van der Waals surface area contributed by atoms with E-state index >= 15 is 0 Å². The second-order valence-electron chi connectivity index (χ2n) is 5.61. The molecular formula is C20H14FN3O4. The number of carbonyl (C=O) groups excluding carboxylic acids is 1. The number of nitro groups is 1. The van der Waals surface area contributed by atoms with Gasteiger partial charge in [0.25, 0.3) is 5.69 Å². The van der Waals surface area contributed by atoms with Gasteiger partial charge in [-0.1, -0.05) is 12.1 Å². The molecule has 0 aliphatic heterocycles. The van der Waals surface area contributed by atoms with Crippen LogP contribution >= 0.6 is 0 Å². The second kappa shape index (κ2) is 8.54. The van der Waals surface area contributed by atoms with Gasteiger partial charge in [-0.15, -0.1) is 0 Å². The molecule has 1 N–H and O–H groups in total. The largest absolute Gasteiger partial charge is 0.456 e. The van der Waals surface area contributed by atoms with Gasteiger partial charge in [-0.05, 0) is 48.0 Å². The number of hydrogen-bond donors (Lipinski definition) is 1. The minimum atomic E-state index is -0.503. The highest BCUT2D eigenvalue weighted by Gasteiger charge is 2.05. The number of anilines is 1. The smallest absolute Gasteiger partial charge is 0.270 e. The van der Waals surface area contributed by atoms with Crippen molar-refractivity contribution in [1.29, 1.82) is 0 Å². The molecule has 7 nitrogen and oxygen atoms in total. The number of hydrogen-bond acceptors (Lipinski definition) is 5. The molecule has 8 heteroatoms. The molecule has 2 aromatic carbocycles. The van der Waals surface area contributed by atoms with Crippen molar-refractivity contribution in [1.82, 2.24) is 4.98 Å². The standard InChI is InChI=1S/C20H14FN3O4/c21-15-5-7-17(8-6-15)28-18-9-10-19(22-13-18)23-20(25)11-4-14-2-1-3-16(12-14)24(26)27/h1-13H,(H,22,23,25)/b11-4+. The fraction of sp³-hybridized carbons (Fsp3) is 0. The van der Waals surface area contributed by atoms with Gasteiger partial charge < -0.3 is 10.1 Å². The summed E-state index contributed by atoms with van der Waals surface area (Å²) in [5.74, 6) is 0.393. The molecular weight excluding hydrogens is 365 g/mol. The van der Waals surface area contributed by atoms with Gasteiger partial charge in [0.05, 0.1) is 11.1 Å². The first-order chi connectivity index (χ1) is 13.5. The lowest BCUT2D eigenvalue weighted by Gasteiger charge is -2.06. The van der Waals surface area contributed by atoms with E-state index in [1.807, 2.05) is 0 Å². The first-order valence-electron chi connectivity index (χ1n) is 8.12. The summed E-state index contributed by atoms with van der Waals surface area (Å²) in [5.41, 5.74) is 0.473. The van der Waals surface area contributed by atoms with E-state index in [0.29, 0.717) is 22.9 Å². The molecule has 1 heterocycles. The van der Waals surface area contributed by atoms with Crippen LogP contribution in [0.25, 0.3) is 6.08 Å². The zero-order chi connectivity index (χ0) is 19.9. The number of pyridine rings is 1. The number of rotatable bonds is 6. The Labute approximate surface area is 159 Å². The van der Waals surface area contributed by atoms with E-state index < -0.39 is 10.8 Å². The topological polar surface area (TPSA) is 94.4 Å². The zero-order valence-corrected chi connectivity index (χ0v) is 14.4. The monoisotopic (exact) mass is 379 g/mol. The van der Waals surface area contributed by atoms with Crippen LogP contribution in [-0.2, 0) is 4.79 Å². The Kier molecular flexibility index (Phi) is 5.71.